The molecule has 0 aliphatic carbocycles. The SMILES string of the molecule is Cn1cc(-c2csc(-c3ccsc3)n2)cn1. The first-order chi connectivity index (χ1) is 7.83. The monoisotopic (exact) mass is 247 g/mol. The fraction of sp³-hybridized carbons (Fsp3) is 0.0909. The number of hydrogen-bond acceptors (Lipinski definition) is 4. The van der Waals surface area contributed by atoms with Crippen LogP contribution in [0.25, 0.3) is 21.8 Å². The van der Waals surface area contributed by atoms with Gasteiger partial charge in [0.15, 0.2) is 0 Å². The lowest BCUT2D eigenvalue weighted by atomic mass is 10.3. The molecule has 3 aromatic rings. The topological polar surface area (TPSA) is 30.7 Å². The molecule has 80 valence electrons. The summed E-state index contributed by atoms with van der Waals surface area (Å²) in [6.45, 7) is 0. The van der Waals surface area contributed by atoms with Crippen molar-refractivity contribution in [1.29, 1.82) is 0 Å². The van der Waals surface area contributed by atoms with Crippen LogP contribution in [0.2, 0.25) is 0 Å². The summed E-state index contributed by atoms with van der Waals surface area (Å²) in [7, 11) is 1.91. The molecule has 0 unspecified atom stereocenters. The number of rotatable bonds is 2. The molecule has 5 heteroatoms. The summed E-state index contributed by atoms with van der Waals surface area (Å²) in [5, 5.41) is 11.5. The van der Waals surface area contributed by atoms with Crippen LogP contribution in [0, 0.1) is 0 Å². The predicted octanol–water partition coefficient (Wildman–Crippen LogP) is 3.27. The fourth-order valence-electron chi connectivity index (χ4n) is 1.48. The third-order valence-electron chi connectivity index (χ3n) is 2.27. The zero-order chi connectivity index (χ0) is 11.0. The molecule has 0 saturated carbocycles. The van der Waals surface area contributed by atoms with Crippen molar-refractivity contribution in [2.75, 3.05) is 0 Å². The van der Waals surface area contributed by atoms with Crippen molar-refractivity contribution < 1.29 is 0 Å². The zero-order valence-corrected chi connectivity index (χ0v) is 10.3. The molecule has 0 fully saturated rings. The van der Waals surface area contributed by atoms with Crippen LogP contribution >= 0.6 is 22.7 Å². The predicted molar refractivity (Wildman–Crippen MR) is 67.6 cm³/mol. The Morgan fingerprint density at radius 3 is 2.88 bits per heavy atom. The van der Waals surface area contributed by atoms with Crippen LogP contribution in [0.15, 0.2) is 34.6 Å². The minimum Gasteiger partial charge on any atom is -0.275 e. The van der Waals surface area contributed by atoms with Gasteiger partial charge in [0, 0.05) is 35.1 Å². The molecule has 3 rings (SSSR count). The van der Waals surface area contributed by atoms with Crippen molar-refractivity contribution in [3.05, 3.63) is 34.6 Å². The minimum atomic E-state index is 0.999. The van der Waals surface area contributed by atoms with Gasteiger partial charge in [-0.3, -0.25) is 4.68 Å². The molecule has 0 bridgehead atoms. The molecule has 0 N–H and O–H groups in total. The molecule has 0 spiro atoms. The lowest BCUT2D eigenvalue weighted by Crippen LogP contribution is -1.84. The van der Waals surface area contributed by atoms with Crippen molar-refractivity contribution in [3.8, 4) is 21.8 Å². The van der Waals surface area contributed by atoms with E-state index in [9.17, 15) is 0 Å². The van der Waals surface area contributed by atoms with E-state index in [0.29, 0.717) is 0 Å². The van der Waals surface area contributed by atoms with Gasteiger partial charge in [0.2, 0.25) is 0 Å². The Kier molecular flexibility index (Phi) is 2.34. The summed E-state index contributed by atoms with van der Waals surface area (Å²) < 4.78 is 1.79. The number of thiazole rings is 1. The largest absolute Gasteiger partial charge is 0.275 e. The molecule has 0 radical (unpaired) electrons. The van der Waals surface area contributed by atoms with Gasteiger partial charge in [-0.05, 0) is 11.4 Å². The summed E-state index contributed by atoms with van der Waals surface area (Å²) in [4.78, 5) is 4.61. The second kappa shape index (κ2) is 3.84. The Morgan fingerprint density at radius 2 is 2.19 bits per heavy atom. The van der Waals surface area contributed by atoms with E-state index in [1.807, 2.05) is 19.4 Å². The van der Waals surface area contributed by atoms with Crippen LogP contribution in [0.3, 0.4) is 0 Å². The molecular formula is C11H9N3S2. The van der Waals surface area contributed by atoms with Crippen molar-refractivity contribution in [2.45, 2.75) is 0 Å². The van der Waals surface area contributed by atoms with E-state index in [4.69, 9.17) is 0 Å². The molecule has 0 aliphatic heterocycles. The Hall–Kier alpha value is -1.46. The third-order valence-corrected chi connectivity index (χ3v) is 3.85. The van der Waals surface area contributed by atoms with Crippen molar-refractivity contribution >= 4 is 22.7 Å². The van der Waals surface area contributed by atoms with Crippen LogP contribution in [0.4, 0.5) is 0 Å². The van der Waals surface area contributed by atoms with E-state index in [-0.39, 0.29) is 0 Å². The highest BCUT2D eigenvalue weighted by atomic mass is 32.1. The van der Waals surface area contributed by atoms with Crippen LogP contribution in [0.5, 0.6) is 0 Å². The van der Waals surface area contributed by atoms with Gasteiger partial charge >= 0.3 is 0 Å². The molecule has 3 nitrogen and oxygen atoms in total. The lowest BCUT2D eigenvalue weighted by molar-refractivity contribution is 0.768. The lowest BCUT2D eigenvalue weighted by Gasteiger charge is -1.88. The fourth-order valence-corrected chi connectivity index (χ4v) is 3.02. The van der Waals surface area contributed by atoms with E-state index in [2.05, 4.69) is 32.3 Å². The maximum absolute atomic E-state index is 4.61. The number of hydrogen-bond donors (Lipinski definition) is 0. The maximum atomic E-state index is 4.61. The Labute approximate surface area is 101 Å². The Morgan fingerprint density at radius 1 is 1.25 bits per heavy atom. The normalized spacial score (nSPS) is 10.8. The number of thiophene rings is 1. The van der Waals surface area contributed by atoms with Gasteiger partial charge in [0.05, 0.1) is 11.9 Å². The Bertz CT molecular complexity index is 592. The summed E-state index contributed by atoms with van der Waals surface area (Å²) in [5.74, 6) is 0. The van der Waals surface area contributed by atoms with E-state index >= 15 is 0 Å². The maximum Gasteiger partial charge on any atom is 0.124 e. The van der Waals surface area contributed by atoms with Gasteiger partial charge in [0.1, 0.15) is 5.01 Å². The zero-order valence-electron chi connectivity index (χ0n) is 8.62. The van der Waals surface area contributed by atoms with E-state index in [1.165, 1.54) is 5.56 Å². The summed E-state index contributed by atoms with van der Waals surface area (Å²) in [5.41, 5.74) is 3.27. The smallest absolute Gasteiger partial charge is 0.124 e. The van der Waals surface area contributed by atoms with Gasteiger partial charge in [-0.15, -0.1) is 11.3 Å². The second-order valence-electron chi connectivity index (χ2n) is 3.45. The molecule has 0 atom stereocenters. The molecule has 3 heterocycles. The van der Waals surface area contributed by atoms with Crippen LogP contribution in [-0.2, 0) is 7.05 Å². The van der Waals surface area contributed by atoms with E-state index < -0.39 is 0 Å². The molecule has 0 amide bonds. The van der Waals surface area contributed by atoms with Crippen molar-refractivity contribution in [3.63, 3.8) is 0 Å². The van der Waals surface area contributed by atoms with Crippen LogP contribution < -0.4 is 0 Å². The second-order valence-corrected chi connectivity index (χ2v) is 5.09. The number of aryl methyl sites for hydroxylation is 1. The quantitative estimate of drug-likeness (QED) is 0.696. The average Bonchev–Trinajstić information content (AvgIpc) is 2.97. The Balaban J connectivity index is 2.00. The van der Waals surface area contributed by atoms with Gasteiger partial charge in [-0.2, -0.15) is 16.4 Å². The van der Waals surface area contributed by atoms with Gasteiger partial charge in [-0.1, -0.05) is 0 Å². The first kappa shape index (κ1) is 9.74. The van der Waals surface area contributed by atoms with Crippen molar-refractivity contribution in [1.82, 2.24) is 14.8 Å². The first-order valence-corrected chi connectivity index (χ1v) is 6.62. The molecule has 0 aliphatic rings. The highest BCUT2D eigenvalue weighted by Gasteiger charge is 2.07. The standard InChI is InChI=1S/C11H9N3S2/c1-14-5-9(4-12-14)10-7-16-11(13-10)8-2-3-15-6-8/h2-7H,1H3. The molecule has 3 aromatic heterocycles. The molecule has 16 heavy (non-hydrogen) atoms. The number of nitrogens with zero attached hydrogens (tertiary/aromatic N) is 3. The average molecular weight is 247 g/mol. The van der Waals surface area contributed by atoms with Crippen molar-refractivity contribution in [2.24, 2.45) is 7.05 Å². The molecule has 0 saturated heterocycles. The van der Waals surface area contributed by atoms with Crippen LogP contribution in [-0.4, -0.2) is 14.8 Å². The number of aromatic nitrogens is 3. The van der Waals surface area contributed by atoms with Gasteiger partial charge < -0.3 is 0 Å². The summed E-state index contributed by atoms with van der Waals surface area (Å²) in [6.07, 6.45) is 3.82. The van der Waals surface area contributed by atoms with E-state index in [0.717, 1.165) is 16.3 Å². The minimum absolute atomic E-state index is 0.999. The molecule has 0 aromatic carbocycles. The molecular weight excluding hydrogens is 238 g/mol. The van der Waals surface area contributed by atoms with Crippen LogP contribution in [0.1, 0.15) is 0 Å². The summed E-state index contributed by atoms with van der Waals surface area (Å²) in [6, 6.07) is 2.09. The highest BCUT2D eigenvalue weighted by Crippen LogP contribution is 2.29. The summed E-state index contributed by atoms with van der Waals surface area (Å²) >= 11 is 3.36. The van der Waals surface area contributed by atoms with E-state index in [1.54, 1.807) is 27.4 Å². The first-order valence-electron chi connectivity index (χ1n) is 4.80. The van der Waals surface area contributed by atoms with Gasteiger partial charge in [0.25, 0.3) is 0 Å². The van der Waals surface area contributed by atoms with Gasteiger partial charge in [-0.25, -0.2) is 4.98 Å². The highest BCUT2D eigenvalue weighted by molar-refractivity contribution is 7.14. The third kappa shape index (κ3) is 1.68.